The molecule has 0 aromatic carbocycles. The van der Waals surface area contributed by atoms with Crippen molar-refractivity contribution in [3.8, 4) is 0 Å². The summed E-state index contributed by atoms with van der Waals surface area (Å²) in [5.41, 5.74) is 3.17. The van der Waals surface area contributed by atoms with Crippen molar-refractivity contribution in [2.45, 2.75) is 12.7 Å². The van der Waals surface area contributed by atoms with Gasteiger partial charge in [0.05, 0.1) is 12.3 Å². The van der Waals surface area contributed by atoms with Gasteiger partial charge in [0, 0.05) is 13.7 Å². The zero-order chi connectivity index (χ0) is 12.3. The van der Waals surface area contributed by atoms with E-state index in [1.54, 1.807) is 0 Å². The number of methoxy groups -OCH3 is 1. The molecule has 90 valence electrons. The predicted octanol–water partition coefficient (Wildman–Crippen LogP) is 1.10. The molecular weight excluding hydrogens is 225 g/mol. The van der Waals surface area contributed by atoms with Gasteiger partial charge in [-0.2, -0.15) is 13.2 Å². The maximum absolute atomic E-state index is 12.5. The van der Waals surface area contributed by atoms with Crippen molar-refractivity contribution >= 4 is 5.69 Å². The van der Waals surface area contributed by atoms with Crippen LogP contribution in [-0.4, -0.2) is 18.3 Å². The second-order valence-electron chi connectivity index (χ2n) is 3.12. The summed E-state index contributed by atoms with van der Waals surface area (Å²) < 4.78 is 42.8. The van der Waals surface area contributed by atoms with Crippen LogP contribution in [0.5, 0.6) is 0 Å². The lowest BCUT2D eigenvalue weighted by Gasteiger charge is -2.15. The van der Waals surface area contributed by atoms with Gasteiger partial charge in [-0.25, -0.2) is 0 Å². The molecule has 4 nitrogen and oxygen atoms in total. The molecule has 0 aliphatic carbocycles. The SMILES string of the molecule is COCCn1c(C(F)(F)F)ccc(N)c1=O. The summed E-state index contributed by atoms with van der Waals surface area (Å²) in [6, 6.07) is 1.74. The van der Waals surface area contributed by atoms with E-state index in [2.05, 4.69) is 4.74 Å². The fourth-order valence-corrected chi connectivity index (χ4v) is 1.25. The van der Waals surface area contributed by atoms with Gasteiger partial charge >= 0.3 is 6.18 Å². The summed E-state index contributed by atoms with van der Waals surface area (Å²) >= 11 is 0. The third-order valence-corrected chi connectivity index (χ3v) is 2.01. The molecule has 1 rings (SSSR count). The highest BCUT2D eigenvalue weighted by Crippen LogP contribution is 2.28. The normalized spacial score (nSPS) is 11.8. The van der Waals surface area contributed by atoms with Crippen LogP contribution in [0.25, 0.3) is 0 Å². The van der Waals surface area contributed by atoms with Crippen LogP contribution in [0.2, 0.25) is 0 Å². The number of halogens is 3. The zero-order valence-corrected chi connectivity index (χ0v) is 8.54. The summed E-state index contributed by atoms with van der Waals surface area (Å²) in [4.78, 5) is 11.4. The number of ether oxygens (including phenoxy) is 1. The number of aromatic nitrogens is 1. The Bertz CT molecular complexity index is 426. The Hall–Kier alpha value is -1.50. The molecular formula is C9H11F3N2O2. The maximum Gasteiger partial charge on any atom is 0.431 e. The molecule has 1 aromatic heterocycles. The summed E-state index contributed by atoms with van der Waals surface area (Å²) in [5.74, 6) is 0. The maximum atomic E-state index is 12.5. The molecule has 0 saturated heterocycles. The first-order chi connectivity index (χ1) is 7.38. The lowest BCUT2D eigenvalue weighted by atomic mass is 10.3. The molecule has 0 aliphatic rings. The first-order valence-corrected chi connectivity index (χ1v) is 4.43. The zero-order valence-electron chi connectivity index (χ0n) is 8.54. The second-order valence-corrected chi connectivity index (χ2v) is 3.12. The number of nitrogens with two attached hydrogens (primary N) is 1. The summed E-state index contributed by atoms with van der Waals surface area (Å²) in [5, 5.41) is 0. The van der Waals surface area contributed by atoms with Crippen molar-refractivity contribution in [3.05, 3.63) is 28.2 Å². The number of nitrogens with zero attached hydrogens (tertiary/aromatic N) is 1. The van der Waals surface area contributed by atoms with Gasteiger partial charge in [0.25, 0.3) is 5.56 Å². The first kappa shape index (κ1) is 12.6. The van der Waals surface area contributed by atoms with Gasteiger partial charge in [0.2, 0.25) is 0 Å². The molecule has 0 unspecified atom stereocenters. The predicted molar refractivity (Wildman–Crippen MR) is 52.0 cm³/mol. The van der Waals surface area contributed by atoms with Crippen molar-refractivity contribution in [2.75, 3.05) is 19.5 Å². The Labute approximate surface area is 89.4 Å². The van der Waals surface area contributed by atoms with E-state index in [0.29, 0.717) is 4.57 Å². The number of nitrogen functional groups attached to an aromatic ring is 1. The Morgan fingerprint density at radius 3 is 2.56 bits per heavy atom. The van der Waals surface area contributed by atoms with Gasteiger partial charge in [0.15, 0.2) is 0 Å². The monoisotopic (exact) mass is 236 g/mol. The molecule has 0 radical (unpaired) electrons. The molecule has 0 bridgehead atoms. The molecule has 16 heavy (non-hydrogen) atoms. The standard InChI is InChI=1S/C9H11F3N2O2/c1-16-5-4-14-7(9(10,11)12)3-2-6(13)8(14)15/h2-3H,4-5,13H2,1H3. The third-order valence-electron chi connectivity index (χ3n) is 2.01. The van der Waals surface area contributed by atoms with E-state index in [1.807, 2.05) is 0 Å². The number of alkyl halides is 3. The van der Waals surface area contributed by atoms with Crippen molar-refractivity contribution in [2.24, 2.45) is 0 Å². The Morgan fingerprint density at radius 2 is 2.06 bits per heavy atom. The average molecular weight is 236 g/mol. The van der Waals surface area contributed by atoms with E-state index in [-0.39, 0.29) is 18.8 Å². The van der Waals surface area contributed by atoms with Gasteiger partial charge in [-0.1, -0.05) is 0 Å². The van der Waals surface area contributed by atoms with Crippen LogP contribution in [0, 0.1) is 0 Å². The van der Waals surface area contributed by atoms with E-state index in [4.69, 9.17) is 5.73 Å². The quantitative estimate of drug-likeness (QED) is 0.854. The minimum absolute atomic E-state index is 0.00639. The van der Waals surface area contributed by atoms with Crippen molar-refractivity contribution < 1.29 is 17.9 Å². The number of pyridine rings is 1. The molecule has 0 atom stereocenters. The minimum Gasteiger partial charge on any atom is -0.394 e. The summed E-state index contributed by atoms with van der Waals surface area (Å²) in [6.07, 6.45) is -4.58. The van der Waals surface area contributed by atoms with Crippen LogP contribution in [-0.2, 0) is 17.5 Å². The van der Waals surface area contributed by atoms with Crippen molar-refractivity contribution in [1.82, 2.24) is 4.57 Å². The molecule has 0 amide bonds. The van der Waals surface area contributed by atoms with E-state index in [0.717, 1.165) is 12.1 Å². The summed E-state index contributed by atoms with van der Waals surface area (Å²) in [6.45, 7) is -0.179. The van der Waals surface area contributed by atoms with E-state index in [1.165, 1.54) is 7.11 Å². The number of anilines is 1. The molecule has 1 heterocycles. The molecule has 0 aliphatic heterocycles. The third kappa shape index (κ3) is 2.54. The van der Waals surface area contributed by atoms with Gasteiger partial charge in [0.1, 0.15) is 5.69 Å². The Morgan fingerprint density at radius 1 is 1.44 bits per heavy atom. The fraction of sp³-hybridized carbons (Fsp3) is 0.444. The van der Waals surface area contributed by atoms with Crippen LogP contribution >= 0.6 is 0 Å². The molecule has 7 heteroatoms. The Balaban J connectivity index is 3.28. The molecule has 0 spiro atoms. The van der Waals surface area contributed by atoms with Crippen molar-refractivity contribution in [1.29, 1.82) is 0 Å². The number of rotatable bonds is 3. The molecule has 0 saturated carbocycles. The minimum atomic E-state index is -4.58. The number of hydrogen-bond acceptors (Lipinski definition) is 3. The smallest absolute Gasteiger partial charge is 0.394 e. The van der Waals surface area contributed by atoms with Gasteiger partial charge in [-0.15, -0.1) is 0 Å². The topological polar surface area (TPSA) is 57.2 Å². The van der Waals surface area contributed by atoms with Crippen LogP contribution in [0.3, 0.4) is 0 Å². The van der Waals surface area contributed by atoms with E-state index in [9.17, 15) is 18.0 Å². The van der Waals surface area contributed by atoms with E-state index >= 15 is 0 Å². The highest BCUT2D eigenvalue weighted by Gasteiger charge is 2.34. The lowest BCUT2D eigenvalue weighted by molar-refractivity contribution is -0.144. The largest absolute Gasteiger partial charge is 0.431 e. The molecule has 1 aromatic rings. The first-order valence-electron chi connectivity index (χ1n) is 4.43. The van der Waals surface area contributed by atoms with Gasteiger partial charge in [-0.3, -0.25) is 4.79 Å². The average Bonchev–Trinajstić information content (AvgIpc) is 2.18. The summed E-state index contributed by atoms with van der Waals surface area (Å²) in [7, 11) is 1.34. The van der Waals surface area contributed by atoms with Gasteiger partial charge < -0.3 is 15.0 Å². The lowest BCUT2D eigenvalue weighted by Crippen LogP contribution is -2.30. The highest BCUT2D eigenvalue weighted by atomic mass is 19.4. The number of hydrogen-bond donors (Lipinski definition) is 1. The van der Waals surface area contributed by atoms with E-state index < -0.39 is 17.4 Å². The molecule has 2 N–H and O–H groups in total. The highest BCUT2D eigenvalue weighted by molar-refractivity contribution is 5.36. The Kier molecular flexibility index (Phi) is 3.58. The second kappa shape index (κ2) is 4.56. The fourth-order valence-electron chi connectivity index (χ4n) is 1.25. The van der Waals surface area contributed by atoms with Crippen LogP contribution in [0.4, 0.5) is 18.9 Å². The molecule has 0 fully saturated rings. The van der Waals surface area contributed by atoms with Crippen LogP contribution in [0.15, 0.2) is 16.9 Å². The van der Waals surface area contributed by atoms with Crippen LogP contribution in [0.1, 0.15) is 5.69 Å². The van der Waals surface area contributed by atoms with Crippen molar-refractivity contribution in [3.63, 3.8) is 0 Å². The van der Waals surface area contributed by atoms with Gasteiger partial charge in [-0.05, 0) is 12.1 Å². The van der Waals surface area contributed by atoms with Crippen LogP contribution < -0.4 is 11.3 Å².